The Hall–Kier alpha value is -0.950. The smallest absolute Gasteiger partial charge is 0.337 e. The molecule has 0 radical (unpaired) electrons. The van der Waals surface area contributed by atoms with Crippen LogP contribution in [0.4, 0.5) is 0 Å². The molecule has 0 amide bonds. The van der Waals surface area contributed by atoms with Crippen LogP contribution in [-0.4, -0.2) is 22.0 Å². The van der Waals surface area contributed by atoms with Gasteiger partial charge in [0.1, 0.15) is 5.78 Å². The largest absolute Gasteiger partial charge is 0.479 e. The summed E-state index contributed by atoms with van der Waals surface area (Å²) in [6.07, 6.45) is -1.44. The van der Waals surface area contributed by atoms with Gasteiger partial charge in [-0.3, -0.25) is 4.79 Å². The van der Waals surface area contributed by atoms with Gasteiger partial charge >= 0.3 is 5.97 Å². The average Bonchev–Trinajstić information content (AvgIpc) is 2.18. The Bertz CT molecular complexity index is 428. The van der Waals surface area contributed by atoms with Crippen LogP contribution in [0.5, 0.6) is 0 Å². The molecule has 0 aliphatic carbocycles. The molecule has 2 N–H and O–H groups in total. The highest BCUT2D eigenvalue weighted by molar-refractivity contribution is 14.1. The SMILES string of the molecule is CC(=O)Cc1ccc(I)cc1C(O)C(=O)O. The molecule has 0 aromatic heterocycles. The Kier molecular flexibility index (Phi) is 4.43. The molecule has 4 nitrogen and oxygen atoms in total. The monoisotopic (exact) mass is 334 g/mol. The number of halogens is 1. The van der Waals surface area contributed by atoms with Gasteiger partial charge in [0, 0.05) is 9.99 Å². The summed E-state index contributed by atoms with van der Waals surface area (Å²) in [4.78, 5) is 21.7. The van der Waals surface area contributed by atoms with Gasteiger partial charge in [-0.25, -0.2) is 4.79 Å². The average molecular weight is 334 g/mol. The van der Waals surface area contributed by atoms with Crippen LogP contribution in [0.2, 0.25) is 0 Å². The Labute approximate surface area is 106 Å². The van der Waals surface area contributed by atoms with Gasteiger partial charge in [0.15, 0.2) is 6.10 Å². The molecule has 0 saturated heterocycles. The highest BCUT2D eigenvalue weighted by Gasteiger charge is 2.20. The molecule has 0 aliphatic rings. The number of rotatable bonds is 4. The molecule has 86 valence electrons. The molecule has 0 heterocycles. The lowest BCUT2D eigenvalue weighted by Crippen LogP contribution is -2.14. The predicted octanol–water partition coefficient (Wildman–Crippen LogP) is 1.54. The predicted molar refractivity (Wildman–Crippen MR) is 66.1 cm³/mol. The number of aliphatic hydroxyl groups is 1. The van der Waals surface area contributed by atoms with E-state index in [1.54, 1.807) is 18.2 Å². The molecule has 0 spiro atoms. The van der Waals surface area contributed by atoms with E-state index in [1.165, 1.54) is 6.92 Å². The van der Waals surface area contributed by atoms with Gasteiger partial charge in [0.05, 0.1) is 0 Å². The van der Waals surface area contributed by atoms with Crippen molar-refractivity contribution < 1.29 is 19.8 Å². The first-order chi connectivity index (χ1) is 7.41. The first-order valence-corrected chi connectivity index (χ1v) is 5.68. The normalized spacial score (nSPS) is 12.2. The van der Waals surface area contributed by atoms with Crippen LogP contribution in [0.25, 0.3) is 0 Å². The van der Waals surface area contributed by atoms with Crippen molar-refractivity contribution >= 4 is 34.3 Å². The number of carbonyl (C=O) groups is 2. The first-order valence-electron chi connectivity index (χ1n) is 4.60. The van der Waals surface area contributed by atoms with Crippen molar-refractivity contribution in [3.63, 3.8) is 0 Å². The van der Waals surface area contributed by atoms with E-state index in [9.17, 15) is 14.7 Å². The maximum atomic E-state index is 11.0. The van der Waals surface area contributed by atoms with E-state index in [2.05, 4.69) is 0 Å². The third-order valence-corrected chi connectivity index (χ3v) is 2.75. The van der Waals surface area contributed by atoms with Gasteiger partial charge in [-0.2, -0.15) is 0 Å². The van der Waals surface area contributed by atoms with E-state index >= 15 is 0 Å². The molecule has 5 heteroatoms. The summed E-state index contributed by atoms with van der Waals surface area (Å²) in [7, 11) is 0. The lowest BCUT2D eigenvalue weighted by atomic mass is 9.98. The minimum Gasteiger partial charge on any atom is -0.479 e. The first kappa shape index (κ1) is 13.1. The molecule has 0 aliphatic heterocycles. The third kappa shape index (κ3) is 3.28. The quantitative estimate of drug-likeness (QED) is 0.819. The fourth-order valence-electron chi connectivity index (χ4n) is 1.38. The van der Waals surface area contributed by atoms with Crippen molar-refractivity contribution in [1.29, 1.82) is 0 Å². The Morgan fingerprint density at radius 1 is 1.44 bits per heavy atom. The van der Waals surface area contributed by atoms with Crippen LogP contribution in [0.3, 0.4) is 0 Å². The zero-order chi connectivity index (χ0) is 12.3. The number of carboxylic acids is 1. The molecule has 16 heavy (non-hydrogen) atoms. The van der Waals surface area contributed by atoms with Gasteiger partial charge in [0.2, 0.25) is 0 Å². The van der Waals surface area contributed by atoms with E-state index in [1.807, 2.05) is 22.6 Å². The molecule has 1 atom stereocenters. The number of carboxylic acid groups (broad SMARTS) is 1. The molecule has 0 fully saturated rings. The summed E-state index contributed by atoms with van der Waals surface area (Å²) in [6, 6.07) is 5.03. The standard InChI is InChI=1S/C11H11IO4/c1-6(13)4-7-2-3-8(12)5-9(7)10(14)11(15)16/h2-3,5,10,14H,4H2,1H3,(H,15,16). The second kappa shape index (κ2) is 5.40. The lowest BCUT2D eigenvalue weighted by Gasteiger charge is -2.11. The van der Waals surface area contributed by atoms with E-state index in [4.69, 9.17) is 5.11 Å². The van der Waals surface area contributed by atoms with Crippen molar-refractivity contribution in [3.8, 4) is 0 Å². The highest BCUT2D eigenvalue weighted by Crippen LogP contribution is 2.22. The fraction of sp³-hybridized carbons (Fsp3) is 0.273. The van der Waals surface area contributed by atoms with Crippen molar-refractivity contribution in [2.75, 3.05) is 0 Å². The molecule has 1 rings (SSSR count). The Morgan fingerprint density at radius 3 is 2.56 bits per heavy atom. The van der Waals surface area contributed by atoms with Crippen LogP contribution in [0, 0.1) is 3.57 Å². The summed E-state index contributed by atoms with van der Waals surface area (Å²) in [5, 5.41) is 18.2. The summed E-state index contributed by atoms with van der Waals surface area (Å²) in [5.41, 5.74) is 0.845. The number of benzene rings is 1. The zero-order valence-electron chi connectivity index (χ0n) is 8.61. The fourth-order valence-corrected chi connectivity index (χ4v) is 1.90. The van der Waals surface area contributed by atoms with Crippen molar-refractivity contribution in [2.24, 2.45) is 0 Å². The molecular formula is C11H11IO4. The third-order valence-electron chi connectivity index (χ3n) is 2.08. The second-order valence-electron chi connectivity index (χ2n) is 3.46. The maximum absolute atomic E-state index is 11.0. The Morgan fingerprint density at radius 2 is 2.06 bits per heavy atom. The van der Waals surface area contributed by atoms with Crippen LogP contribution >= 0.6 is 22.6 Å². The van der Waals surface area contributed by atoms with Gasteiger partial charge < -0.3 is 10.2 Å². The van der Waals surface area contributed by atoms with Gasteiger partial charge in [-0.05, 0) is 52.8 Å². The van der Waals surface area contributed by atoms with E-state index < -0.39 is 12.1 Å². The van der Waals surface area contributed by atoms with Crippen LogP contribution in [0.15, 0.2) is 18.2 Å². The van der Waals surface area contributed by atoms with Crippen molar-refractivity contribution in [1.82, 2.24) is 0 Å². The summed E-state index contributed by atoms with van der Waals surface area (Å²) >= 11 is 2.02. The maximum Gasteiger partial charge on any atom is 0.337 e. The summed E-state index contributed by atoms with van der Waals surface area (Å²) in [5.74, 6) is -1.38. The molecule has 1 aromatic carbocycles. The van der Waals surface area contributed by atoms with Crippen LogP contribution in [0.1, 0.15) is 24.2 Å². The molecular weight excluding hydrogens is 323 g/mol. The minimum absolute atomic E-state index is 0.0694. The van der Waals surface area contributed by atoms with Gasteiger partial charge in [-0.1, -0.05) is 6.07 Å². The lowest BCUT2D eigenvalue weighted by molar-refractivity contribution is -0.147. The number of hydrogen-bond donors (Lipinski definition) is 2. The van der Waals surface area contributed by atoms with E-state index in [0.717, 1.165) is 3.57 Å². The topological polar surface area (TPSA) is 74.6 Å². The minimum atomic E-state index is -1.58. The van der Waals surface area contributed by atoms with Crippen LogP contribution < -0.4 is 0 Å². The number of aliphatic hydroxyl groups excluding tert-OH is 1. The number of Topliss-reactive ketones (excluding diaryl/α,β-unsaturated/α-hetero) is 1. The van der Waals surface area contributed by atoms with Crippen LogP contribution in [-0.2, 0) is 16.0 Å². The molecule has 1 unspecified atom stereocenters. The van der Waals surface area contributed by atoms with E-state index in [0.29, 0.717) is 5.56 Å². The number of aliphatic carboxylic acids is 1. The van der Waals surface area contributed by atoms with E-state index in [-0.39, 0.29) is 17.8 Å². The second-order valence-corrected chi connectivity index (χ2v) is 4.71. The number of hydrogen-bond acceptors (Lipinski definition) is 3. The molecule has 1 aromatic rings. The van der Waals surface area contributed by atoms with Crippen molar-refractivity contribution in [2.45, 2.75) is 19.4 Å². The van der Waals surface area contributed by atoms with Gasteiger partial charge in [-0.15, -0.1) is 0 Å². The van der Waals surface area contributed by atoms with Gasteiger partial charge in [0.25, 0.3) is 0 Å². The summed E-state index contributed by atoms with van der Waals surface area (Å²) < 4.78 is 0.820. The summed E-state index contributed by atoms with van der Waals surface area (Å²) in [6.45, 7) is 1.43. The van der Waals surface area contributed by atoms with Crippen molar-refractivity contribution in [3.05, 3.63) is 32.9 Å². The number of ketones is 1. The highest BCUT2D eigenvalue weighted by atomic mass is 127. The molecule has 0 saturated carbocycles. The molecule has 0 bridgehead atoms. The Balaban J connectivity index is 3.17. The number of carbonyl (C=O) groups excluding carboxylic acids is 1. The zero-order valence-corrected chi connectivity index (χ0v) is 10.8.